The van der Waals surface area contributed by atoms with Crippen molar-refractivity contribution in [2.24, 2.45) is 0 Å². The van der Waals surface area contributed by atoms with Gasteiger partial charge in [-0.3, -0.25) is 4.98 Å². The maximum absolute atomic E-state index is 13.6. The molecule has 4 nitrogen and oxygen atoms in total. The van der Waals surface area contributed by atoms with E-state index < -0.39 is 11.8 Å². The molecule has 6 heteroatoms. The van der Waals surface area contributed by atoms with Gasteiger partial charge in [-0.25, -0.2) is 14.2 Å². The van der Waals surface area contributed by atoms with E-state index >= 15 is 0 Å². The summed E-state index contributed by atoms with van der Waals surface area (Å²) < 4.78 is 13.6. The number of aromatic nitrogens is 2. The molecule has 0 radical (unpaired) electrons. The third kappa shape index (κ3) is 2.38. The summed E-state index contributed by atoms with van der Waals surface area (Å²) in [4.78, 5) is 19.2. The first-order chi connectivity index (χ1) is 8.63. The quantitative estimate of drug-likeness (QED) is 0.924. The standard InChI is InChI=1S/C12H11FN2O2S/c1-2-3-9-10(12(16)17)18-11(15-9)7-4-5-14-6-8(7)13/h4-6H,2-3H2,1H3,(H,16,17). The van der Waals surface area contributed by atoms with Crippen LogP contribution in [-0.4, -0.2) is 21.0 Å². The fourth-order valence-corrected chi connectivity index (χ4v) is 2.57. The van der Waals surface area contributed by atoms with E-state index in [-0.39, 0.29) is 4.88 Å². The average molecular weight is 266 g/mol. The first kappa shape index (κ1) is 12.6. The highest BCUT2D eigenvalue weighted by Gasteiger charge is 2.19. The zero-order valence-electron chi connectivity index (χ0n) is 9.68. The number of nitrogens with zero attached hydrogens (tertiary/aromatic N) is 2. The van der Waals surface area contributed by atoms with Gasteiger partial charge in [0.2, 0.25) is 0 Å². The van der Waals surface area contributed by atoms with Gasteiger partial charge in [0.1, 0.15) is 9.88 Å². The number of carboxylic acid groups (broad SMARTS) is 1. The maximum Gasteiger partial charge on any atom is 0.347 e. The van der Waals surface area contributed by atoms with E-state index in [0.29, 0.717) is 22.7 Å². The fourth-order valence-electron chi connectivity index (χ4n) is 1.59. The summed E-state index contributed by atoms with van der Waals surface area (Å²) in [6, 6.07) is 1.50. The molecule has 0 aliphatic carbocycles. The van der Waals surface area contributed by atoms with Crippen LogP contribution in [0.2, 0.25) is 0 Å². The van der Waals surface area contributed by atoms with Crippen LogP contribution in [-0.2, 0) is 6.42 Å². The minimum Gasteiger partial charge on any atom is -0.477 e. The lowest BCUT2D eigenvalue weighted by Gasteiger charge is -1.96. The number of rotatable bonds is 4. The third-order valence-corrected chi connectivity index (χ3v) is 3.50. The van der Waals surface area contributed by atoms with E-state index in [1.165, 1.54) is 12.3 Å². The summed E-state index contributed by atoms with van der Waals surface area (Å²) in [5.41, 5.74) is 0.807. The Bertz CT molecular complexity index is 583. The number of carboxylic acids is 1. The van der Waals surface area contributed by atoms with Crippen molar-refractivity contribution in [2.45, 2.75) is 19.8 Å². The molecule has 0 unspecified atom stereocenters. The van der Waals surface area contributed by atoms with Crippen LogP contribution in [0.15, 0.2) is 18.5 Å². The molecule has 0 fully saturated rings. The summed E-state index contributed by atoms with van der Waals surface area (Å²) in [6.45, 7) is 1.94. The van der Waals surface area contributed by atoms with Gasteiger partial charge in [-0.05, 0) is 12.5 Å². The summed E-state index contributed by atoms with van der Waals surface area (Å²) in [7, 11) is 0. The molecule has 0 aliphatic heterocycles. The molecule has 0 spiro atoms. The van der Waals surface area contributed by atoms with Crippen molar-refractivity contribution in [1.29, 1.82) is 0 Å². The normalized spacial score (nSPS) is 10.6. The smallest absolute Gasteiger partial charge is 0.347 e. The lowest BCUT2D eigenvalue weighted by Crippen LogP contribution is -1.98. The number of thiazole rings is 1. The maximum atomic E-state index is 13.6. The molecule has 2 heterocycles. The highest BCUT2D eigenvalue weighted by molar-refractivity contribution is 7.17. The van der Waals surface area contributed by atoms with Gasteiger partial charge >= 0.3 is 5.97 Å². The highest BCUT2D eigenvalue weighted by Crippen LogP contribution is 2.30. The number of pyridine rings is 1. The third-order valence-electron chi connectivity index (χ3n) is 2.38. The monoisotopic (exact) mass is 266 g/mol. The lowest BCUT2D eigenvalue weighted by atomic mass is 10.2. The van der Waals surface area contributed by atoms with Gasteiger partial charge in [0, 0.05) is 11.8 Å². The number of halogens is 1. The van der Waals surface area contributed by atoms with Crippen LogP contribution in [0.3, 0.4) is 0 Å². The van der Waals surface area contributed by atoms with Crippen LogP contribution in [0.1, 0.15) is 28.7 Å². The molecule has 0 amide bonds. The van der Waals surface area contributed by atoms with E-state index in [4.69, 9.17) is 5.11 Å². The van der Waals surface area contributed by atoms with E-state index in [2.05, 4.69) is 9.97 Å². The number of aromatic carboxylic acids is 1. The molecule has 0 saturated heterocycles. The Morgan fingerprint density at radius 2 is 2.33 bits per heavy atom. The SMILES string of the molecule is CCCc1nc(-c2ccncc2F)sc1C(=O)O. The van der Waals surface area contributed by atoms with Crippen molar-refractivity contribution in [1.82, 2.24) is 9.97 Å². The average Bonchev–Trinajstić information content (AvgIpc) is 2.74. The minimum atomic E-state index is -1.02. The Morgan fingerprint density at radius 1 is 1.56 bits per heavy atom. The van der Waals surface area contributed by atoms with Gasteiger partial charge in [0.25, 0.3) is 0 Å². The van der Waals surface area contributed by atoms with Crippen LogP contribution in [0.5, 0.6) is 0 Å². The first-order valence-electron chi connectivity index (χ1n) is 5.46. The fraction of sp³-hybridized carbons (Fsp3) is 0.250. The molecule has 0 aromatic carbocycles. The second-order valence-corrected chi connectivity index (χ2v) is 4.70. The largest absolute Gasteiger partial charge is 0.477 e. The van der Waals surface area contributed by atoms with Crippen molar-refractivity contribution < 1.29 is 14.3 Å². The Labute approximate surface area is 107 Å². The Morgan fingerprint density at radius 3 is 2.94 bits per heavy atom. The molecule has 0 aliphatic rings. The van der Waals surface area contributed by atoms with Crippen LogP contribution < -0.4 is 0 Å². The zero-order chi connectivity index (χ0) is 13.1. The second kappa shape index (κ2) is 5.22. The Balaban J connectivity index is 2.50. The van der Waals surface area contributed by atoms with Gasteiger partial charge in [0.15, 0.2) is 5.82 Å². The number of hydrogen-bond donors (Lipinski definition) is 1. The van der Waals surface area contributed by atoms with E-state index in [1.54, 1.807) is 0 Å². The first-order valence-corrected chi connectivity index (χ1v) is 6.28. The van der Waals surface area contributed by atoms with Gasteiger partial charge in [-0.2, -0.15) is 0 Å². The van der Waals surface area contributed by atoms with E-state index in [1.807, 2.05) is 6.92 Å². The van der Waals surface area contributed by atoms with Gasteiger partial charge in [0.05, 0.1) is 11.9 Å². The van der Waals surface area contributed by atoms with Crippen molar-refractivity contribution in [3.8, 4) is 10.6 Å². The van der Waals surface area contributed by atoms with E-state index in [9.17, 15) is 9.18 Å². The Kier molecular flexibility index (Phi) is 3.66. The number of carbonyl (C=O) groups is 1. The van der Waals surface area contributed by atoms with Crippen molar-refractivity contribution in [3.63, 3.8) is 0 Å². The van der Waals surface area contributed by atoms with Gasteiger partial charge in [-0.15, -0.1) is 11.3 Å². The minimum absolute atomic E-state index is 0.183. The summed E-state index contributed by atoms with van der Waals surface area (Å²) in [5.74, 6) is -1.51. The highest BCUT2D eigenvalue weighted by atomic mass is 32.1. The topological polar surface area (TPSA) is 63.1 Å². The molecule has 94 valence electrons. The van der Waals surface area contributed by atoms with Crippen LogP contribution >= 0.6 is 11.3 Å². The zero-order valence-corrected chi connectivity index (χ0v) is 10.5. The number of aryl methyl sites for hydroxylation is 1. The van der Waals surface area contributed by atoms with Crippen molar-refractivity contribution in [3.05, 3.63) is 34.8 Å². The van der Waals surface area contributed by atoms with Crippen molar-refractivity contribution >= 4 is 17.3 Å². The summed E-state index contributed by atoms with van der Waals surface area (Å²) in [6.07, 6.45) is 3.92. The van der Waals surface area contributed by atoms with Crippen LogP contribution in [0.4, 0.5) is 4.39 Å². The molecule has 1 N–H and O–H groups in total. The molecule has 2 aromatic rings. The molecule has 0 atom stereocenters. The molecule has 0 bridgehead atoms. The van der Waals surface area contributed by atoms with E-state index in [0.717, 1.165) is 24.0 Å². The molecular weight excluding hydrogens is 255 g/mol. The number of hydrogen-bond acceptors (Lipinski definition) is 4. The molecule has 0 saturated carbocycles. The lowest BCUT2D eigenvalue weighted by molar-refractivity contribution is 0.0700. The Hall–Kier alpha value is -1.82. The van der Waals surface area contributed by atoms with Crippen LogP contribution in [0, 0.1) is 5.82 Å². The predicted molar refractivity (Wildman–Crippen MR) is 66.3 cm³/mol. The van der Waals surface area contributed by atoms with Crippen LogP contribution in [0.25, 0.3) is 10.6 Å². The summed E-state index contributed by atoms with van der Waals surface area (Å²) in [5, 5.41) is 9.47. The predicted octanol–water partition coefficient (Wildman–Crippen LogP) is 2.99. The van der Waals surface area contributed by atoms with Gasteiger partial charge in [-0.1, -0.05) is 13.3 Å². The molecule has 2 rings (SSSR count). The second-order valence-electron chi connectivity index (χ2n) is 3.71. The molecule has 2 aromatic heterocycles. The van der Waals surface area contributed by atoms with Gasteiger partial charge < -0.3 is 5.11 Å². The summed E-state index contributed by atoms with van der Waals surface area (Å²) >= 11 is 0.996. The molecular formula is C12H11FN2O2S. The van der Waals surface area contributed by atoms with Crippen molar-refractivity contribution in [2.75, 3.05) is 0 Å². The molecule has 18 heavy (non-hydrogen) atoms.